The first kappa shape index (κ1) is 12.3. The Morgan fingerprint density at radius 2 is 2.25 bits per heavy atom. The molecule has 0 fully saturated rings. The Balaban J connectivity index is 2.24. The van der Waals surface area contributed by atoms with Crippen LogP contribution >= 0.6 is 0 Å². The van der Waals surface area contributed by atoms with Crippen LogP contribution in [0.1, 0.15) is 11.5 Å². The van der Waals surface area contributed by atoms with Crippen molar-refractivity contribution in [1.29, 1.82) is 0 Å². The van der Waals surface area contributed by atoms with Crippen LogP contribution in [0.15, 0.2) is 23.3 Å². The van der Waals surface area contributed by atoms with Gasteiger partial charge in [-0.2, -0.15) is 10.2 Å². The maximum Gasteiger partial charge on any atom is 0.272 e. The summed E-state index contributed by atoms with van der Waals surface area (Å²) in [4.78, 5) is 15.8. The molecule has 0 amide bonds. The summed E-state index contributed by atoms with van der Waals surface area (Å²) < 4.78 is 15.0. The molecule has 0 aliphatic carbocycles. The van der Waals surface area contributed by atoms with Crippen molar-refractivity contribution in [2.45, 2.75) is 6.42 Å². The van der Waals surface area contributed by atoms with Crippen molar-refractivity contribution in [3.05, 3.63) is 46.1 Å². The van der Waals surface area contributed by atoms with E-state index in [4.69, 9.17) is 5.73 Å². The highest BCUT2D eigenvalue weighted by atomic mass is 19.1. The number of halogens is 1. The van der Waals surface area contributed by atoms with E-state index < -0.39 is 11.4 Å². The molecular weight excluding hydrogens is 263 g/mol. The summed E-state index contributed by atoms with van der Waals surface area (Å²) in [5.74, 6) is 0.103. The molecule has 1 aromatic carbocycles. The van der Waals surface area contributed by atoms with Gasteiger partial charge >= 0.3 is 0 Å². The molecule has 0 saturated heterocycles. The topological polar surface area (TPSA) is 102 Å². The number of hydrogen-bond acceptors (Lipinski definition) is 5. The van der Waals surface area contributed by atoms with Crippen LogP contribution in [0.25, 0.3) is 10.8 Å². The number of aromatic nitrogens is 5. The van der Waals surface area contributed by atoms with Crippen molar-refractivity contribution >= 4 is 16.5 Å². The molecule has 3 N–H and O–H groups in total. The van der Waals surface area contributed by atoms with Crippen molar-refractivity contribution in [2.75, 3.05) is 5.73 Å². The van der Waals surface area contributed by atoms with Gasteiger partial charge in [-0.1, -0.05) is 0 Å². The molecule has 2 heterocycles. The van der Waals surface area contributed by atoms with E-state index in [0.717, 1.165) is 6.07 Å². The molecule has 0 saturated carbocycles. The highest BCUT2D eigenvalue weighted by molar-refractivity contribution is 5.94. The van der Waals surface area contributed by atoms with E-state index in [9.17, 15) is 9.18 Å². The van der Waals surface area contributed by atoms with Crippen LogP contribution in [0.3, 0.4) is 0 Å². The van der Waals surface area contributed by atoms with E-state index in [1.807, 2.05) is 0 Å². The number of H-pyrrole nitrogens is 1. The molecule has 0 aliphatic rings. The van der Waals surface area contributed by atoms with E-state index >= 15 is 0 Å². The molecule has 0 aliphatic heterocycles. The Bertz CT molecular complexity index is 853. The third-order valence-electron chi connectivity index (χ3n) is 3.09. The monoisotopic (exact) mass is 274 g/mol. The molecule has 3 rings (SSSR count). The quantitative estimate of drug-likeness (QED) is 0.657. The molecule has 3 aromatic rings. The first-order chi connectivity index (χ1) is 9.56. The van der Waals surface area contributed by atoms with Crippen LogP contribution in [0, 0.1) is 5.82 Å². The molecule has 0 bridgehead atoms. The van der Waals surface area contributed by atoms with Gasteiger partial charge in [0.05, 0.1) is 17.5 Å². The molecule has 0 unspecified atom stereocenters. The highest BCUT2D eigenvalue weighted by Gasteiger charge is 2.14. The van der Waals surface area contributed by atoms with Gasteiger partial charge in [0.15, 0.2) is 0 Å². The standard InChI is InChI=1S/C12H11FN6O/c1-19-10(15-5-16-19)4-9-11-7(12(20)18-17-9)2-6(13)3-8(11)14/h2-3,5H,4,14H2,1H3,(H,18,20). The average Bonchev–Trinajstić information content (AvgIpc) is 2.78. The number of hydrogen-bond donors (Lipinski definition) is 2. The second-order valence-electron chi connectivity index (χ2n) is 4.39. The number of nitrogens with two attached hydrogens (primary N) is 1. The Morgan fingerprint density at radius 1 is 1.45 bits per heavy atom. The maximum atomic E-state index is 13.4. The zero-order chi connectivity index (χ0) is 14.3. The second-order valence-corrected chi connectivity index (χ2v) is 4.39. The summed E-state index contributed by atoms with van der Waals surface area (Å²) in [5, 5.41) is 10.9. The number of benzene rings is 1. The van der Waals surface area contributed by atoms with E-state index in [1.165, 1.54) is 12.4 Å². The van der Waals surface area contributed by atoms with Crippen LogP contribution in [0.2, 0.25) is 0 Å². The number of fused-ring (bicyclic) bond motifs is 1. The van der Waals surface area contributed by atoms with Gasteiger partial charge in [-0.05, 0) is 12.1 Å². The molecule has 0 atom stereocenters. The lowest BCUT2D eigenvalue weighted by Gasteiger charge is -2.07. The van der Waals surface area contributed by atoms with Gasteiger partial charge < -0.3 is 5.73 Å². The number of nitrogens with zero attached hydrogens (tertiary/aromatic N) is 4. The fourth-order valence-electron chi connectivity index (χ4n) is 2.12. The van der Waals surface area contributed by atoms with E-state index in [-0.39, 0.29) is 11.1 Å². The van der Waals surface area contributed by atoms with Crippen molar-refractivity contribution in [1.82, 2.24) is 25.0 Å². The predicted octanol–water partition coefficient (Wildman–Crippen LogP) is 0.364. The lowest BCUT2D eigenvalue weighted by Crippen LogP contribution is -2.14. The number of nitrogens with one attached hydrogen (secondary N) is 1. The SMILES string of the molecule is Cn1ncnc1Cc1n[nH]c(=O)c2cc(F)cc(N)c12. The minimum absolute atomic E-state index is 0.176. The van der Waals surface area contributed by atoms with Crippen LogP contribution < -0.4 is 11.3 Å². The molecule has 0 spiro atoms. The summed E-state index contributed by atoms with van der Waals surface area (Å²) in [7, 11) is 1.75. The summed E-state index contributed by atoms with van der Waals surface area (Å²) in [5.41, 5.74) is 6.04. The van der Waals surface area contributed by atoms with E-state index in [0.29, 0.717) is 23.3 Å². The normalized spacial score (nSPS) is 11.1. The van der Waals surface area contributed by atoms with E-state index in [2.05, 4.69) is 20.3 Å². The minimum atomic E-state index is -0.559. The second kappa shape index (κ2) is 4.41. The van der Waals surface area contributed by atoms with Crippen molar-refractivity contribution in [3.8, 4) is 0 Å². The number of aryl methyl sites for hydroxylation is 1. The fourth-order valence-corrected chi connectivity index (χ4v) is 2.12. The smallest absolute Gasteiger partial charge is 0.272 e. The fraction of sp³-hybridized carbons (Fsp3) is 0.167. The minimum Gasteiger partial charge on any atom is -0.398 e. The third-order valence-corrected chi connectivity index (χ3v) is 3.09. The Labute approximate surface area is 112 Å². The Hall–Kier alpha value is -2.77. The van der Waals surface area contributed by atoms with Crippen LogP contribution in [0.4, 0.5) is 10.1 Å². The summed E-state index contributed by atoms with van der Waals surface area (Å²) in [6.45, 7) is 0. The third kappa shape index (κ3) is 1.91. The van der Waals surface area contributed by atoms with Gasteiger partial charge in [0.1, 0.15) is 18.0 Å². The Kier molecular flexibility index (Phi) is 2.70. The summed E-state index contributed by atoms with van der Waals surface area (Å²) >= 11 is 0. The number of nitrogen functional groups attached to an aromatic ring is 1. The molecule has 102 valence electrons. The van der Waals surface area contributed by atoms with Gasteiger partial charge in [-0.25, -0.2) is 14.5 Å². The lowest BCUT2D eigenvalue weighted by molar-refractivity contribution is 0.630. The van der Waals surface area contributed by atoms with Gasteiger partial charge in [0, 0.05) is 18.1 Å². The molecule has 7 nitrogen and oxygen atoms in total. The zero-order valence-electron chi connectivity index (χ0n) is 10.6. The molecule has 2 aromatic heterocycles. The first-order valence-corrected chi connectivity index (χ1v) is 5.85. The molecular formula is C12H11FN6O. The van der Waals surface area contributed by atoms with Crippen LogP contribution in [0.5, 0.6) is 0 Å². The first-order valence-electron chi connectivity index (χ1n) is 5.85. The number of rotatable bonds is 2. The van der Waals surface area contributed by atoms with E-state index in [1.54, 1.807) is 11.7 Å². The molecule has 0 radical (unpaired) electrons. The number of aromatic amines is 1. The summed E-state index contributed by atoms with van der Waals surface area (Å²) in [6.07, 6.45) is 1.76. The number of anilines is 1. The van der Waals surface area contributed by atoms with Crippen molar-refractivity contribution < 1.29 is 4.39 Å². The zero-order valence-corrected chi connectivity index (χ0v) is 10.6. The van der Waals surface area contributed by atoms with Gasteiger partial charge in [-0.15, -0.1) is 0 Å². The average molecular weight is 274 g/mol. The highest BCUT2D eigenvalue weighted by Crippen LogP contribution is 2.23. The lowest BCUT2D eigenvalue weighted by atomic mass is 10.1. The van der Waals surface area contributed by atoms with Crippen LogP contribution in [-0.4, -0.2) is 25.0 Å². The van der Waals surface area contributed by atoms with Gasteiger partial charge in [0.2, 0.25) is 0 Å². The van der Waals surface area contributed by atoms with Crippen molar-refractivity contribution in [3.63, 3.8) is 0 Å². The van der Waals surface area contributed by atoms with Crippen LogP contribution in [-0.2, 0) is 13.5 Å². The van der Waals surface area contributed by atoms with Gasteiger partial charge in [0.25, 0.3) is 5.56 Å². The largest absolute Gasteiger partial charge is 0.398 e. The summed E-state index contributed by atoms with van der Waals surface area (Å²) in [6, 6.07) is 2.32. The van der Waals surface area contributed by atoms with Gasteiger partial charge in [-0.3, -0.25) is 9.48 Å². The van der Waals surface area contributed by atoms with Crippen molar-refractivity contribution in [2.24, 2.45) is 7.05 Å². The predicted molar refractivity (Wildman–Crippen MR) is 70.5 cm³/mol. The molecule has 8 heteroatoms. The maximum absolute atomic E-state index is 13.4. The molecule has 20 heavy (non-hydrogen) atoms. The Morgan fingerprint density at radius 3 is 2.95 bits per heavy atom.